The summed E-state index contributed by atoms with van der Waals surface area (Å²) in [5, 5.41) is 20.1. The minimum atomic E-state index is -0.954. The first-order valence-electron chi connectivity index (χ1n) is 10.2. The molecule has 0 spiro atoms. The number of carbonyl (C=O) groups is 1. The Bertz CT molecular complexity index is 854. The largest absolute Gasteiger partial charge is 0.490 e. The molecule has 0 aliphatic rings. The van der Waals surface area contributed by atoms with E-state index in [1.165, 1.54) is 11.3 Å². The van der Waals surface area contributed by atoms with Crippen molar-refractivity contribution in [1.29, 1.82) is 0 Å². The van der Waals surface area contributed by atoms with Crippen LogP contribution in [0, 0.1) is 12.3 Å². The molecule has 0 aliphatic heterocycles. The van der Waals surface area contributed by atoms with E-state index >= 15 is 0 Å². The van der Waals surface area contributed by atoms with Crippen LogP contribution in [0.1, 0.15) is 80.4 Å². The summed E-state index contributed by atoms with van der Waals surface area (Å²) >= 11 is 1.38. The van der Waals surface area contributed by atoms with Crippen LogP contribution in [-0.2, 0) is 0 Å². The van der Waals surface area contributed by atoms with Crippen LogP contribution in [0.25, 0.3) is 11.1 Å². The highest BCUT2D eigenvalue weighted by Gasteiger charge is 2.36. The smallest absolute Gasteiger partial charge is 0.345 e. The van der Waals surface area contributed by atoms with Crippen molar-refractivity contribution in [2.24, 2.45) is 5.41 Å². The normalized spacial score (nSPS) is 14.1. The maximum atomic E-state index is 11.5. The number of aliphatic hydroxyl groups is 1. The van der Waals surface area contributed by atoms with E-state index in [1.54, 1.807) is 13.0 Å². The number of rotatable bonds is 8. The number of carboxylic acid groups (broad SMARTS) is 1. The van der Waals surface area contributed by atoms with Gasteiger partial charge in [-0.3, -0.25) is 0 Å². The third-order valence-corrected chi connectivity index (χ3v) is 7.22. The first-order valence-corrected chi connectivity index (χ1v) is 11.1. The Balaban J connectivity index is 2.36. The molecule has 0 bridgehead atoms. The van der Waals surface area contributed by atoms with Gasteiger partial charge in [0.25, 0.3) is 0 Å². The minimum absolute atomic E-state index is 0.206. The molecule has 1 unspecified atom stereocenters. The molecular weight excluding hydrogens is 384 g/mol. The van der Waals surface area contributed by atoms with Gasteiger partial charge in [-0.2, -0.15) is 0 Å². The van der Waals surface area contributed by atoms with Crippen molar-refractivity contribution < 1.29 is 19.7 Å². The SMILES string of the molecule is CCC(CC)c1sc(C(=O)O)cc1-c1ccc(OCC(C)(O)C(C)(C)C)c(C)c1. The molecule has 1 aromatic heterocycles. The van der Waals surface area contributed by atoms with Crippen molar-refractivity contribution >= 4 is 17.3 Å². The summed E-state index contributed by atoms with van der Waals surface area (Å²) in [4.78, 5) is 13.1. The number of hydrogen-bond acceptors (Lipinski definition) is 4. The third-order valence-electron chi connectivity index (χ3n) is 5.94. The predicted molar refractivity (Wildman–Crippen MR) is 120 cm³/mol. The molecule has 0 saturated heterocycles. The van der Waals surface area contributed by atoms with E-state index in [9.17, 15) is 15.0 Å². The molecule has 0 radical (unpaired) electrons. The number of ether oxygens (including phenoxy) is 1. The molecule has 1 heterocycles. The van der Waals surface area contributed by atoms with E-state index in [2.05, 4.69) is 13.8 Å². The van der Waals surface area contributed by atoms with E-state index in [4.69, 9.17) is 4.74 Å². The van der Waals surface area contributed by atoms with Crippen LogP contribution in [0.4, 0.5) is 0 Å². The highest BCUT2D eigenvalue weighted by atomic mass is 32.1. The van der Waals surface area contributed by atoms with E-state index < -0.39 is 11.6 Å². The fourth-order valence-electron chi connectivity index (χ4n) is 3.11. The van der Waals surface area contributed by atoms with Gasteiger partial charge in [0.05, 0.1) is 0 Å². The Morgan fingerprint density at radius 3 is 2.24 bits per heavy atom. The topological polar surface area (TPSA) is 66.8 Å². The zero-order valence-electron chi connectivity index (χ0n) is 18.6. The average molecular weight is 419 g/mol. The second-order valence-electron chi connectivity index (χ2n) is 9.00. The van der Waals surface area contributed by atoms with Crippen LogP contribution in [0.2, 0.25) is 0 Å². The number of aryl methyl sites for hydroxylation is 1. The van der Waals surface area contributed by atoms with Crippen molar-refractivity contribution in [2.75, 3.05) is 6.61 Å². The van der Waals surface area contributed by atoms with Crippen molar-refractivity contribution in [3.63, 3.8) is 0 Å². The first kappa shape index (κ1) is 23.4. The van der Waals surface area contributed by atoms with E-state index in [-0.39, 0.29) is 12.0 Å². The maximum Gasteiger partial charge on any atom is 0.345 e. The summed E-state index contributed by atoms with van der Waals surface area (Å²) in [5.41, 5.74) is 1.71. The second kappa shape index (κ2) is 8.88. The van der Waals surface area contributed by atoms with Crippen LogP contribution in [0.5, 0.6) is 5.75 Å². The van der Waals surface area contributed by atoms with Gasteiger partial charge in [-0.15, -0.1) is 11.3 Å². The first-order chi connectivity index (χ1) is 13.4. The molecule has 1 aromatic carbocycles. The molecule has 4 nitrogen and oxygen atoms in total. The third kappa shape index (κ3) is 5.20. The fourth-order valence-corrected chi connectivity index (χ4v) is 4.40. The molecule has 0 fully saturated rings. The highest BCUT2D eigenvalue weighted by Crippen LogP contribution is 2.41. The summed E-state index contributed by atoms with van der Waals surface area (Å²) in [6.45, 7) is 14.2. The monoisotopic (exact) mass is 418 g/mol. The minimum Gasteiger partial charge on any atom is -0.490 e. The fraction of sp³-hybridized carbons (Fsp3) is 0.542. The molecule has 160 valence electrons. The Hall–Kier alpha value is -1.85. The summed E-state index contributed by atoms with van der Waals surface area (Å²) < 4.78 is 5.94. The quantitative estimate of drug-likeness (QED) is 0.513. The molecule has 0 saturated carbocycles. The van der Waals surface area contributed by atoms with Gasteiger partial charge in [0, 0.05) is 4.88 Å². The Labute approximate surface area is 178 Å². The highest BCUT2D eigenvalue weighted by molar-refractivity contribution is 7.14. The van der Waals surface area contributed by atoms with Gasteiger partial charge in [0.2, 0.25) is 0 Å². The molecule has 29 heavy (non-hydrogen) atoms. The van der Waals surface area contributed by atoms with E-state index in [0.29, 0.717) is 10.8 Å². The molecular formula is C24H34O4S. The number of aromatic carboxylic acids is 1. The zero-order chi connectivity index (χ0) is 22.0. The molecule has 5 heteroatoms. The van der Waals surface area contributed by atoms with Gasteiger partial charge < -0.3 is 14.9 Å². The number of carboxylic acids is 1. The predicted octanol–water partition coefficient (Wildman–Crippen LogP) is 6.50. The lowest BCUT2D eigenvalue weighted by Gasteiger charge is -2.36. The zero-order valence-corrected chi connectivity index (χ0v) is 19.4. The molecule has 0 amide bonds. The van der Waals surface area contributed by atoms with Crippen LogP contribution < -0.4 is 4.74 Å². The lowest BCUT2D eigenvalue weighted by molar-refractivity contribution is -0.0725. The summed E-state index contributed by atoms with van der Waals surface area (Å²) in [7, 11) is 0. The Morgan fingerprint density at radius 1 is 1.14 bits per heavy atom. The second-order valence-corrected chi connectivity index (χ2v) is 10.1. The van der Waals surface area contributed by atoms with Crippen LogP contribution in [-0.4, -0.2) is 28.4 Å². The lowest BCUT2D eigenvalue weighted by Crippen LogP contribution is -2.45. The number of thiophene rings is 1. The van der Waals surface area contributed by atoms with Gasteiger partial charge in [-0.05, 0) is 72.9 Å². The van der Waals surface area contributed by atoms with Crippen molar-refractivity contribution in [2.45, 2.75) is 72.8 Å². The summed E-state index contributed by atoms with van der Waals surface area (Å²) in [5.74, 6) is 0.201. The summed E-state index contributed by atoms with van der Waals surface area (Å²) in [6, 6.07) is 7.73. The molecule has 2 aromatic rings. The van der Waals surface area contributed by atoms with Gasteiger partial charge in [-0.25, -0.2) is 4.79 Å². The Kier molecular flexibility index (Phi) is 7.18. The van der Waals surface area contributed by atoms with Gasteiger partial charge in [0.1, 0.15) is 22.8 Å². The van der Waals surface area contributed by atoms with Gasteiger partial charge >= 0.3 is 5.97 Å². The van der Waals surface area contributed by atoms with Gasteiger partial charge in [0.15, 0.2) is 0 Å². The van der Waals surface area contributed by atoms with E-state index in [1.807, 2.05) is 45.9 Å². The summed E-state index contributed by atoms with van der Waals surface area (Å²) in [6.07, 6.45) is 1.95. The molecule has 0 aliphatic carbocycles. The Morgan fingerprint density at radius 2 is 1.76 bits per heavy atom. The average Bonchev–Trinajstić information content (AvgIpc) is 3.06. The van der Waals surface area contributed by atoms with Gasteiger partial charge in [-0.1, -0.05) is 40.7 Å². The van der Waals surface area contributed by atoms with Crippen molar-refractivity contribution in [1.82, 2.24) is 0 Å². The molecule has 2 rings (SSSR count). The number of benzene rings is 1. The molecule has 2 N–H and O–H groups in total. The van der Waals surface area contributed by atoms with E-state index in [0.717, 1.165) is 40.2 Å². The van der Waals surface area contributed by atoms with Crippen molar-refractivity contribution in [3.05, 3.63) is 39.6 Å². The van der Waals surface area contributed by atoms with Crippen molar-refractivity contribution in [3.8, 4) is 16.9 Å². The van der Waals surface area contributed by atoms with Crippen LogP contribution in [0.15, 0.2) is 24.3 Å². The maximum absolute atomic E-state index is 11.5. The standard InChI is InChI=1S/C24H34O4S/c1-8-16(9-2)21-18(13-20(29-21)22(25)26)17-10-11-19(15(3)12-17)28-14-24(7,27)23(4,5)6/h10-13,16,27H,8-9,14H2,1-7H3,(H,25,26). The lowest BCUT2D eigenvalue weighted by atomic mass is 9.78. The molecule has 1 atom stereocenters. The number of hydrogen-bond donors (Lipinski definition) is 2. The van der Waals surface area contributed by atoms with Crippen LogP contribution >= 0.6 is 11.3 Å². The van der Waals surface area contributed by atoms with Crippen LogP contribution in [0.3, 0.4) is 0 Å².